The van der Waals surface area contributed by atoms with E-state index in [1.165, 1.54) is 97.8 Å². The zero-order valence-electron chi connectivity index (χ0n) is 33.0. The second kappa shape index (κ2) is 15.5. The van der Waals surface area contributed by atoms with Crippen LogP contribution in [0.5, 0.6) is 0 Å². The van der Waals surface area contributed by atoms with E-state index in [0.717, 1.165) is 18.5 Å². The fourth-order valence-electron chi connectivity index (χ4n) is 8.54. The zero-order chi connectivity index (χ0) is 37.9. The molecule has 0 bridgehead atoms. The summed E-state index contributed by atoms with van der Waals surface area (Å²) in [5, 5.41) is 0. The first-order valence-corrected chi connectivity index (χ1v) is 20.0. The van der Waals surface area contributed by atoms with Crippen LogP contribution in [-0.2, 0) is 5.41 Å². The van der Waals surface area contributed by atoms with E-state index in [2.05, 4.69) is 208 Å². The molecule has 0 radical (unpaired) electrons. The van der Waals surface area contributed by atoms with Gasteiger partial charge in [0.15, 0.2) is 0 Å². The third kappa shape index (κ3) is 7.47. The molecular formula is C53H52N2. The Morgan fingerprint density at radius 2 is 0.818 bits per heavy atom. The van der Waals surface area contributed by atoms with Gasteiger partial charge in [-0.25, -0.2) is 0 Å². The van der Waals surface area contributed by atoms with Gasteiger partial charge in [-0.3, -0.25) is 0 Å². The van der Waals surface area contributed by atoms with Gasteiger partial charge < -0.3 is 9.80 Å². The summed E-state index contributed by atoms with van der Waals surface area (Å²) in [5.41, 5.74) is 18.5. The number of aryl methyl sites for hydroxylation is 5. The molecule has 2 nitrogen and oxygen atoms in total. The van der Waals surface area contributed by atoms with Gasteiger partial charge in [-0.05, 0) is 143 Å². The predicted molar refractivity (Wildman–Crippen MR) is 235 cm³/mol. The lowest BCUT2D eigenvalue weighted by atomic mass is 9.65. The molecule has 7 aromatic carbocycles. The van der Waals surface area contributed by atoms with E-state index in [-0.39, 0.29) is 5.41 Å². The van der Waals surface area contributed by atoms with Crippen molar-refractivity contribution >= 4 is 34.1 Å². The highest BCUT2D eigenvalue weighted by molar-refractivity contribution is 5.89. The molecule has 0 N–H and O–H groups in total. The van der Waals surface area contributed by atoms with E-state index >= 15 is 0 Å². The summed E-state index contributed by atoms with van der Waals surface area (Å²) >= 11 is 0. The number of anilines is 6. The Bertz CT molecular complexity index is 2320. The van der Waals surface area contributed by atoms with Crippen LogP contribution >= 0.6 is 0 Å². The summed E-state index contributed by atoms with van der Waals surface area (Å²) in [5.74, 6) is 0. The Kier molecular flexibility index (Phi) is 10.2. The molecule has 0 heterocycles. The molecule has 7 aromatic rings. The molecule has 8 rings (SSSR count). The molecule has 0 saturated heterocycles. The van der Waals surface area contributed by atoms with Crippen LogP contribution in [0.25, 0.3) is 11.1 Å². The molecule has 274 valence electrons. The molecule has 0 unspecified atom stereocenters. The lowest BCUT2D eigenvalue weighted by Crippen LogP contribution is -2.30. The van der Waals surface area contributed by atoms with E-state index in [1.54, 1.807) is 0 Å². The molecular weight excluding hydrogens is 665 g/mol. The molecule has 0 atom stereocenters. The molecule has 0 amide bonds. The predicted octanol–water partition coefficient (Wildman–Crippen LogP) is 15.1. The van der Waals surface area contributed by atoms with E-state index in [9.17, 15) is 0 Å². The lowest BCUT2D eigenvalue weighted by Gasteiger charge is -2.40. The second-order valence-electron chi connectivity index (χ2n) is 15.8. The average molecular weight is 717 g/mol. The van der Waals surface area contributed by atoms with Crippen molar-refractivity contribution in [1.82, 2.24) is 0 Å². The van der Waals surface area contributed by atoms with Crippen LogP contribution in [0.2, 0.25) is 0 Å². The Morgan fingerprint density at radius 1 is 0.364 bits per heavy atom. The third-order valence-corrected chi connectivity index (χ3v) is 11.7. The standard InChI is InChI=1S/C53H52N2/c1-38-12-20-43(21-13-38)51-37-45(24-33-52(51)55(49-29-18-41(4)19-30-49)50-11-9-10-42(5)36-50)53(34-7-6-8-35-53)44-22-31-48(32-23-44)54(46-25-14-39(2)15-26-46)47-27-16-40(3)17-28-47/h9-33,36-37H,6-8,34-35H2,1-5H3. The van der Waals surface area contributed by atoms with Crippen molar-refractivity contribution in [3.63, 3.8) is 0 Å². The van der Waals surface area contributed by atoms with Crippen molar-refractivity contribution in [3.05, 3.63) is 203 Å². The van der Waals surface area contributed by atoms with Crippen molar-refractivity contribution in [3.8, 4) is 11.1 Å². The fraction of sp³-hybridized carbons (Fsp3) is 0.208. The highest BCUT2D eigenvalue weighted by atomic mass is 15.1. The summed E-state index contributed by atoms with van der Waals surface area (Å²) in [6, 6.07) is 61.6. The molecule has 2 heteroatoms. The van der Waals surface area contributed by atoms with Crippen LogP contribution in [0.15, 0.2) is 164 Å². The third-order valence-electron chi connectivity index (χ3n) is 11.7. The molecule has 1 aliphatic rings. The molecule has 0 aromatic heterocycles. The maximum absolute atomic E-state index is 2.53. The van der Waals surface area contributed by atoms with Gasteiger partial charge in [0.1, 0.15) is 0 Å². The summed E-state index contributed by atoms with van der Waals surface area (Å²) in [7, 11) is 0. The van der Waals surface area contributed by atoms with Gasteiger partial charge in [-0.2, -0.15) is 0 Å². The van der Waals surface area contributed by atoms with Gasteiger partial charge in [0.05, 0.1) is 5.69 Å². The topological polar surface area (TPSA) is 6.48 Å². The van der Waals surface area contributed by atoms with Crippen molar-refractivity contribution in [2.24, 2.45) is 0 Å². The van der Waals surface area contributed by atoms with Gasteiger partial charge in [-0.1, -0.05) is 133 Å². The number of benzene rings is 7. The van der Waals surface area contributed by atoms with Crippen molar-refractivity contribution in [2.45, 2.75) is 72.1 Å². The van der Waals surface area contributed by atoms with Crippen molar-refractivity contribution in [2.75, 3.05) is 9.80 Å². The first-order valence-electron chi connectivity index (χ1n) is 20.0. The maximum Gasteiger partial charge on any atom is 0.0540 e. The minimum absolute atomic E-state index is 0.0780. The Morgan fingerprint density at radius 3 is 1.33 bits per heavy atom. The average Bonchev–Trinajstić information content (AvgIpc) is 3.21. The number of nitrogens with zero attached hydrogens (tertiary/aromatic N) is 2. The van der Waals surface area contributed by atoms with E-state index in [0.29, 0.717) is 0 Å². The van der Waals surface area contributed by atoms with Gasteiger partial charge in [-0.15, -0.1) is 0 Å². The number of rotatable bonds is 9. The minimum atomic E-state index is -0.0780. The molecule has 0 spiro atoms. The number of hydrogen-bond donors (Lipinski definition) is 0. The lowest BCUT2D eigenvalue weighted by molar-refractivity contribution is 0.346. The smallest absolute Gasteiger partial charge is 0.0540 e. The van der Waals surface area contributed by atoms with Gasteiger partial charge in [0.25, 0.3) is 0 Å². The zero-order valence-corrected chi connectivity index (χ0v) is 33.0. The van der Waals surface area contributed by atoms with Crippen LogP contribution in [0.4, 0.5) is 34.1 Å². The maximum atomic E-state index is 2.53. The summed E-state index contributed by atoms with van der Waals surface area (Å²) in [6.07, 6.45) is 6.00. The highest BCUT2D eigenvalue weighted by Crippen LogP contribution is 2.49. The molecule has 1 saturated carbocycles. The SMILES string of the molecule is Cc1ccc(-c2cc(C3(c4ccc(N(c5ccc(C)cc5)c5ccc(C)cc5)cc4)CCCCC3)ccc2N(c2ccc(C)cc2)c2cccc(C)c2)cc1. The van der Waals surface area contributed by atoms with Gasteiger partial charge in [0.2, 0.25) is 0 Å². The van der Waals surface area contributed by atoms with E-state index < -0.39 is 0 Å². The van der Waals surface area contributed by atoms with Gasteiger partial charge >= 0.3 is 0 Å². The highest BCUT2D eigenvalue weighted by Gasteiger charge is 2.37. The minimum Gasteiger partial charge on any atom is -0.311 e. The van der Waals surface area contributed by atoms with Crippen molar-refractivity contribution < 1.29 is 0 Å². The number of hydrogen-bond acceptors (Lipinski definition) is 2. The van der Waals surface area contributed by atoms with Crippen molar-refractivity contribution in [1.29, 1.82) is 0 Å². The summed E-state index contributed by atoms with van der Waals surface area (Å²) in [4.78, 5) is 4.82. The van der Waals surface area contributed by atoms with E-state index in [1.807, 2.05) is 0 Å². The molecule has 55 heavy (non-hydrogen) atoms. The van der Waals surface area contributed by atoms with E-state index in [4.69, 9.17) is 0 Å². The molecule has 0 aliphatic heterocycles. The van der Waals surface area contributed by atoms with Crippen LogP contribution < -0.4 is 9.80 Å². The monoisotopic (exact) mass is 716 g/mol. The summed E-state index contributed by atoms with van der Waals surface area (Å²) < 4.78 is 0. The van der Waals surface area contributed by atoms with Crippen LogP contribution in [0, 0.1) is 34.6 Å². The fourth-order valence-corrected chi connectivity index (χ4v) is 8.54. The van der Waals surface area contributed by atoms with Crippen LogP contribution in [0.1, 0.15) is 71.0 Å². The van der Waals surface area contributed by atoms with Gasteiger partial charge in [0, 0.05) is 39.4 Å². The first kappa shape index (κ1) is 36.1. The quantitative estimate of drug-likeness (QED) is 0.147. The second-order valence-corrected chi connectivity index (χ2v) is 15.8. The molecule has 1 fully saturated rings. The first-order chi connectivity index (χ1) is 26.8. The Labute approximate surface area is 328 Å². The summed E-state index contributed by atoms with van der Waals surface area (Å²) in [6.45, 7) is 10.8. The van der Waals surface area contributed by atoms with Crippen LogP contribution in [0.3, 0.4) is 0 Å². The van der Waals surface area contributed by atoms with Crippen LogP contribution in [-0.4, -0.2) is 0 Å². The molecule has 1 aliphatic carbocycles. The largest absolute Gasteiger partial charge is 0.311 e. The Hall–Kier alpha value is -5.86. The Balaban J connectivity index is 1.27. The normalized spacial score (nSPS) is 13.7.